The number of aryl methyl sites for hydroxylation is 1. The van der Waals surface area contributed by atoms with Crippen molar-refractivity contribution in [2.75, 3.05) is 24.5 Å². The maximum absolute atomic E-state index is 11.7. The van der Waals surface area contributed by atoms with Crippen LogP contribution >= 0.6 is 0 Å². The Kier molecular flexibility index (Phi) is 5.52. The summed E-state index contributed by atoms with van der Waals surface area (Å²) in [6.07, 6.45) is 8.44. The van der Waals surface area contributed by atoms with Gasteiger partial charge in [-0.1, -0.05) is 6.92 Å². The summed E-state index contributed by atoms with van der Waals surface area (Å²) in [5.74, 6) is 1.57. The molecule has 0 spiro atoms. The van der Waals surface area contributed by atoms with Gasteiger partial charge >= 0.3 is 0 Å². The van der Waals surface area contributed by atoms with Gasteiger partial charge in [-0.2, -0.15) is 0 Å². The lowest BCUT2D eigenvalue weighted by atomic mass is 10.0. The molecule has 4 heterocycles. The molecule has 28 heavy (non-hydrogen) atoms. The molecule has 2 aromatic rings. The number of nitrogens with zero attached hydrogens (tertiary/aromatic N) is 5. The second-order valence-electron chi connectivity index (χ2n) is 7.65. The number of hydrogen-bond donors (Lipinski definition) is 1. The van der Waals surface area contributed by atoms with E-state index in [9.17, 15) is 4.79 Å². The van der Waals surface area contributed by atoms with Crippen molar-refractivity contribution in [1.82, 2.24) is 19.9 Å². The third-order valence-electron chi connectivity index (χ3n) is 5.95. The van der Waals surface area contributed by atoms with Crippen molar-refractivity contribution in [1.29, 1.82) is 0 Å². The molecule has 0 radical (unpaired) electrons. The predicted octanol–water partition coefficient (Wildman–Crippen LogP) is 2.02. The molecule has 1 atom stereocenters. The Balaban J connectivity index is 1.49. The van der Waals surface area contributed by atoms with E-state index in [0.717, 1.165) is 74.6 Å². The lowest BCUT2D eigenvalue weighted by molar-refractivity contribution is -0.123. The summed E-state index contributed by atoms with van der Waals surface area (Å²) >= 11 is 0. The van der Waals surface area contributed by atoms with E-state index in [1.54, 1.807) is 12.4 Å². The minimum atomic E-state index is -0.176. The molecule has 0 saturated carbocycles. The van der Waals surface area contributed by atoms with Crippen LogP contribution in [-0.2, 0) is 11.2 Å². The third-order valence-corrected chi connectivity index (χ3v) is 5.95. The van der Waals surface area contributed by atoms with Gasteiger partial charge in [0, 0.05) is 48.8 Å². The summed E-state index contributed by atoms with van der Waals surface area (Å²) in [4.78, 5) is 30.0. The zero-order valence-corrected chi connectivity index (χ0v) is 16.4. The average molecular weight is 380 g/mol. The summed E-state index contributed by atoms with van der Waals surface area (Å²) in [6, 6.07) is 6.35. The van der Waals surface area contributed by atoms with Gasteiger partial charge in [0.1, 0.15) is 5.82 Å². The molecular weight excluding hydrogens is 352 g/mol. The molecule has 1 amide bonds. The Bertz CT molecular complexity index is 819. The highest BCUT2D eigenvalue weighted by molar-refractivity contribution is 5.80. The molecule has 2 saturated heterocycles. The second kappa shape index (κ2) is 8.22. The molecule has 148 valence electrons. The summed E-state index contributed by atoms with van der Waals surface area (Å²) in [5, 5.41) is 0. The SMILES string of the molecule is CCc1cc(N2CCC(N3CCC[C@@H]3C(N)=O)CC2)nc(-c2ccncc2)n1. The van der Waals surface area contributed by atoms with E-state index in [4.69, 9.17) is 15.7 Å². The van der Waals surface area contributed by atoms with Gasteiger partial charge in [0.2, 0.25) is 5.91 Å². The van der Waals surface area contributed by atoms with E-state index in [1.165, 1.54) is 0 Å². The molecule has 0 aliphatic carbocycles. The largest absolute Gasteiger partial charge is 0.368 e. The Morgan fingerprint density at radius 3 is 2.57 bits per heavy atom. The van der Waals surface area contributed by atoms with Crippen molar-refractivity contribution in [3.63, 3.8) is 0 Å². The van der Waals surface area contributed by atoms with E-state index < -0.39 is 0 Å². The summed E-state index contributed by atoms with van der Waals surface area (Å²) in [6.45, 7) is 4.97. The standard InChI is InChI=1S/C21H28N6O/c1-2-16-14-19(25-21(24-16)15-5-9-23-10-6-15)26-12-7-17(8-13-26)27-11-3-4-18(27)20(22)28/h5-6,9-10,14,17-18H,2-4,7-8,11-13H2,1H3,(H2,22,28)/t18-/m1/s1. The maximum atomic E-state index is 11.7. The number of rotatable bonds is 5. The smallest absolute Gasteiger partial charge is 0.234 e. The first-order valence-electron chi connectivity index (χ1n) is 10.2. The lowest BCUT2D eigenvalue weighted by Crippen LogP contribution is -2.50. The molecule has 0 unspecified atom stereocenters. The fourth-order valence-electron chi connectivity index (χ4n) is 4.41. The number of piperidine rings is 1. The minimum Gasteiger partial charge on any atom is -0.368 e. The van der Waals surface area contributed by atoms with Crippen LogP contribution in [0.3, 0.4) is 0 Å². The molecule has 2 aliphatic rings. The van der Waals surface area contributed by atoms with Crippen LogP contribution in [0.15, 0.2) is 30.6 Å². The zero-order valence-electron chi connectivity index (χ0n) is 16.4. The Labute approximate surface area is 166 Å². The first kappa shape index (κ1) is 18.8. The number of amides is 1. The fraction of sp³-hybridized carbons (Fsp3) is 0.524. The van der Waals surface area contributed by atoms with Crippen LogP contribution in [0.5, 0.6) is 0 Å². The summed E-state index contributed by atoms with van der Waals surface area (Å²) in [5.41, 5.74) is 7.64. The fourth-order valence-corrected chi connectivity index (χ4v) is 4.41. The highest BCUT2D eigenvalue weighted by atomic mass is 16.1. The van der Waals surface area contributed by atoms with Crippen LogP contribution in [0.4, 0.5) is 5.82 Å². The number of primary amides is 1. The molecule has 2 fully saturated rings. The van der Waals surface area contributed by atoms with Crippen LogP contribution in [0, 0.1) is 0 Å². The van der Waals surface area contributed by atoms with Crippen molar-refractivity contribution in [3.05, 3.63) is 36.3 Å². The topological polar surface area (TPSA) is 88.2 Å². The van der Waals surface area contributed by atoms with Gasteiger partial charge in [0.05, 0.1) is 6.04 Å². The quantitative estimate of drug-likeness (QED) is 0.854. The van der Waals surface area contributed by atoms with E-state index in [-0.39, 0.29) is 11.9 Å². The summed E-state index contributed by atoms with van der Waals surface area (Å²) < 4.78 is 0. The molecule has 2 aliphatic heterocycles. The van der Waals surface area contributed by atoms with E-state index in [0.29, 0.717) is 6.04 Å². The van der Waals surface area contributed by atoms with Gasteiger partial charge in [-0.25, -0.2) is 9.97 Å². The van der Waals surface area contributed by atoms with Crippen molar-refractivity contribution in [3.8, 4) is 11.4 Å². The predicted molar refractivity (Wildman–Crippen MR) is 109 cm³/mol. The minimum absolute atomic E-state index is 0.0828. The monoisotopic (exact) mass is 380 g/mol. The van der Waals surface area contributed by atoms with Gasteiger partial charge in [-0.3, -0.25) is 14.7 Å². The van der Waals surface area contributed by atoms with Crippen molar-refractivity contribution in [2.24, 2.45) is 5.73 Å². The van der Waals surface area contributed by atoms with Gasteiger partial charge in [-0.15, -0.1) is 0 Å². The Morgan fingerprint density at radius 2 is 1.89 bits per heavy atom. The van der Waals surface area contributed by atoms with Crippen molar-refractivity contribution in [2.45, 2.75) is 51.1 Å². The normalized spacial score (nSPS) is 21.2. The number of nitrogens with two attached hydrogens (primary N) is 1. The maximum Gasteiger partial charge on any atom is 0.234 e. The first-order chi connectivity index (χ1) is 13.7. The van der Waals surface area contributed by atoms with Crippen LogP contribution < -0.4 is 10.6 Å². The molecule has 2 aromatic heterocycles. The number of pyridine rings is 1. The molecule has 4 rings (SSSR count). The van der Waals surface area contributed by atoms with Gasteiger partial charge < -0.3 is 10.6 Å². The Morgan fingerprint density at radius 1 is 1.14 bits per heavy atom. The summed E-state index contributed by atoms with van der Waals surface area (Å²) in [7, 11) is 0. The van der Waals surface area contributed by atoms with Gasteiger partial charge in [0.15, 0.2) is 5.82 Å². The highest BCUT2D eigenvalue weighted by Gasteiger charge is 2.35. The van der Waals surface area contributed by atoms with Crippen molar-refractivity contribution < 1.29 is 4.79 Å². The average Bonchev–Trinajstić information content (AvgIpc) is 3.24. The van der Waals surface area contributed by atoms with E-state index >= 15 is 0 Å². The van der Waals surface area contributed by atoms with Gasteiger partial charge in [-0.05, 0) is 50.8 Å². The van der Waals surface area contributed by atoms with E-state index in [2.05, 4.69) is 27.8 Å². The molecular formula is C21H28N6O. The molecule has 7 heteroatoms. The highest BCUT2D eigenvalue weighted by Crippen LogP contribution is 2.28. The van der Waals surface area contributed by atoms with Crippen LogP contribution in [-0.4, -0.2) is 57.5 Å². The van der Waals surface area contributed by atoms with Crippen LogP contribution in [0.2, 0.25) is 0 Å². The lowest BCUT2D eigenvalue weighted by Gasteiger charge is -2.39. The number of carbonyl (C=O) groups is 1. The Hall–Kier alpha value is -2.54. The third kappa shape index (κ3) is 3.85. The zero-order chi connectivity index (χ0) is 19.5. The second-order valence-corrected chi connectivity index (χ2v) is 7.65. The van der Waals surface area contributed by atoms with E-state index in [1.807, 2.05) is 12.1 Å². The van der Waals surface area contributed by atoms with Crippen LogP contribution in [0.1, 0.15) is 38.3 Å². The number of aromatic nitrogens is 3. The number of hydrogen-bond acceptors (Lipinski definition) is 6. The van der Waals surface area contributed by atoms with Crippen LogP contribution in [0.25, 0.3) is 11.4 Å². The van der Waals surface area contributed by atoms with Gasteiger partial charge in [0.25, 0.3) is 0 Å². The first-order valence-corrected chi connectivity index (χ1v) is 10.2. The molecule has 0 bridgehead atoms. The molecule has 2 N–H and O–H groups in total. The number of carbonyl (C=O) groups excluding carboxylic acids is 1. The number of likely N-dealkylation sites (tertiary alicyclic amines) is 1. The molecule has 0 aromatic carbocycles. The molecule has 7 nitrogen and oxygen atoms in total. The number of anilines is 1. The van der Waals surface area contributed by atoms with Crippen molar-refractivity contribution >= 4 is 11.7 Å².